The average Bonchev–Trinajstić information content (AvgIpc) is 3.44. The molecular weight excluding hydrogens is 432 g/mol. The third kappa shape index (κ3) is 4.86. The first-order valence-electron chi connectivity index (χ1n) is 11.1. The molecule has 0 unspecified atom stereocenters. The summed E-state index contributed by atoms with van der Waals surface area (Å²) < 4.78 is 1.73. The molecule has 1 aromatic carbocycles. The Hall–Kier alpha value is -3.36. The minimum absolute atomic E-state index is 0.236. The Balaban J connectivity index is 1.26. The lowest BCUT2D eigenvalue weighted by atomic mass is 9.98. The summed E-state index contributed by atoms with van der Waals surface area (Å²) in [6, 6.07) is 10.3. The second-order valence-electron chi connectivity index (χ2n) is 8.34. The number of nitrogens with one attached hydrogen (secondary N) is 2. The molecule has 0 radical (unpaired) electrons. The van der Waals surface area contributed by atoms with Crippen molar-refractivity contribution in [2.24, 2.45) is 7.05 Å². The van der Waals surface area contributed by atoms with Crippen LogP contribution in [0.5, 0.6) is 0 Å². The van der Waals surface area contributed by atoms with Crippen LogP contribution in [0.25, 0.3) is 11.3 Å². The van der Waals surface area contributed by atoms with Crippen LogP contribution in [0.3, 0.4) is 0 Å². The van der Waals surface area contributed by atoms with Gasteiger partial charge in [-0.3, -0.25) is 9.48 Å². The van der Waals surface area contributed by atoms with Crippen molar-refractivity contribution in [1.82, 2.24) is 25.1 Å². The Morgan fingerprint density at radius 2 is 2.18 bits per heavy atom. The molecule has 0 bridgehead atoms. The number of fused-ring (bicyclic) bond motifs is 1. The molecule has 0 saturated carbocycles. The topological polar surface area (TPSA) is 84.7 Å². The van der Waals surface area contributed by atoms with E-state index in [4.69, 9.17) is 0 Å². The normalized spacial score (nSPS) is 13.0. The monoisotopic (exact) mass is 458 g/mol. The molecule has 168 valence electrons. The zero-order valence-electron chi connectivity index (χ0n) is 18.8. The summed E-state index contributed by atoms with van der Waals surface area (Å²) in [7, 11) is 1.87. The van der Waals surface area contributed by atoms with Crippen molar-refractivity contribution < 1.29 is 4.79 Å². The summed E-state index contributed by atoms with van der Waals surface area (Å²) in [5.41, 5.74) is 6.36. The first-order chi connectivity index (χ1) is 16.0. The molecule has 5 rings (SSSR count). The van der Waals surface area contributed by atoms with Crippen LogP contribution in [0, 0.1) is 6.92 Å². The zero-order chi connectivity index (χ0) is 22.8. The molecule has 3 aromatic heterocycles. The molecule has 1 aliphatic heterocycles. The van der Waals surface area contributed by atoms with Crippen LogP contribution >= 0.6 is 11.3 Å². The van der Waals surface area contributed by atoms with Gasteiger partial charge in [0.05, 0.1) is 22.5 Å². The predicted octanol–water partition coefficient (Wildman–Crippen LogP) is 4.45. The van der Waals surface area contributed by atoms with Crippen LogP contribution < -0.4 is 10.6 Å². The first-order valence-corrected chi connectivity index (χ1v) is 11.9. The molecule has 0 amide bonds. The van der Waals surface area contributed by atoms with Gasteiger partial charge in [0.15, 0.2) is 5.78 Å². The van der Waals surface area contributed by atoms with Crippen LogP contribution in [0.1, 0.15) is 37.7 Å². The quantitative estimate of drug-likeness (QED) is 0.398. The number of anilines is 2. The van der Waals surface area contributed by atoms with Gasteiger partial charge in [0, 0.05) is 49.4 Å². The minimum Gasteiger partial charge on any atom is -0.321 e. The maximum absolute atomic E-state index is 12.8. The highest BCUT2D eigenvalue weighted by Crippen LogP contribution is 2.27. The van der Waals surface area contributed by atoms with E-state index >= 15 is 0 Å². The Labute approximate surface area is 196 Å². The highest BCUT2D eigenvalue weighted by molar-refractivity contribution is 7.14. The molecule has 0 fully saturated rings. The Kier molecular flexibility index (Phi) is 6.02. The van der Waals surface area contributed by atoms with Crippen LogP contribution in [0.2, 0.25) is 0 Å². The number of ketones is 1. The van der Waals surface area contributed by atoms with Gasteiger partial charge in [0.2, 0.25) is 5.95 Å². The highest BCUT2D eigenvalue weighted by atomic mass is 32.1. The second-order valence-corrected chi connectivity index (χ2v) is 9.48. The van der Waals surface area contributed by atoms with Crippen molar-refractivity contribution in [3.05, 3.63) is 75.4 Å². The zero-order valence-corrected chi connectivity index (χ0v) is 19.6. The number of hydrogen-bond acceptors (Lipinski definition) is 7. The van der Waals surface area contributed by atoms with Crippen LogP contribution in [0.15, 0.2) is 48.9 Å². The standard InChI is InChI=1S/C25H26N6OS/c1-16-11-18(21-7-10-27-25(30-21)29-20-14-28-31(2)15-20)4-3-17(16)5-6-22(32)24-12-19-13-26-9-8-23(19)33-24/h3-4,7,10-12,14-15,26H,5-6,8-9,13H2,1-2H3,(H,27,29,30). The summed E-state index contributed by atoms with van der Waals surface area (Å²) in [4.78, 5) is 24.0. The maximum Gasteiger partial charge on any atom is 0.227 e. The van der Waals surface area contributed by atoms with Crippen molar-refractivity contribution in [2.75, 3.05) is 11.9 Å². The number of aromatic nitrogens is 4. The van der Waals surface area contributed by atoms with E-state index in [1.807, 2.05) is 19.3 Å². The molecule has 7 nitrogen and oxygen atoms in total. The van der Waals surface area contributed by atoms with Crippen molar-refractivity contribution in [3.8, 4) is 11.3 Å². The molecule has 4 heterocycles. The Morgan fingerprint density at radius 3 is 2.97 bits per heavy atom. The van der Waals surface area contributed by atoms with Crippen molar-refractivity contribution in [1.29, 1.82) is 0 Å². The van der Waals surface area contributed by atoms with E-state index in [2.05, 4.69) is 56.9 Å². The van der Waals surface area contributed by atoms with Crippen molar-refractivity contribution >= 4 is 28.8 Å². The fraction of sp³-hybridized carbons (Fsp3) is 0.280. The summed E-state index contributed by atoms with van der Waals surface area (Å²) in [6.45, 7) is 3.97. The van der Waals surface area contributed by atoms with Gasteiger partial charge in [-0.25, -0.2) is 9.97 Å². The smallest absolute Gasteiger partial charge is 0.227 e. The van der Waals surface area contributed by atoms with Gasteiger partial charge in [-0.1, -0.05) is 12.1 Å². The number of hydrogen-bond donors (Lipinski definition) is 2. The Morgan fingerprint density at radius 1 is 1.27 bits per heavy atom. The van der Waals surface area contributed by atoms with E-state index in [-0.39, 0.29) is 5.78 Å². The summed E-state index contributed by atoms with van der Waals surface area (Å²) in [6.07, 6.45) is 7.65. The molecule has 8 heteroatoms. The molecule has 0 atom stereocenters. The first kappa shape index (κ1) is 21.5. The predicted molar refractivity (Wildman–Crippen MR) is 131 cm³/mol. The number of carbonyl (C=O) groups is 1. The van der Waals surface area contributed by atoms with Gasteiger partial charge in [-0.2, -0.15) is 5.10 Å². The summed E-state index contributed by atoms with van der Waals surface area (Å²) in [5, 5.41) is 10.7. The summed E-state index contributed by atoms with van der Waals surface area (Å²) >= 11 is 1.67. The molecule has 33 heavy (non-hydrogen) atoms. The second kappa shape index (κ2) is 9.25. The van der Waals surface area contributed by atoms with E-state index in [1.54, 1.807) is 28.4 Å². The Bertz CT molecular complexity index is 1280. The van der Waals surface area contributed by atoms with Crippen LogP contribution in [-0.2, 0) is 26.4 Å². The molecular formula is C25H26N6OS. The largest absolute Gasteiger partial charge is 0.321 e. The van der Waals surface area contributed by atoms with Gasteiger partial charge < -0.3 is 10.6 Å². The number of nitrogens with zero attached hydrogens (tertiary/aromatic N) is 4. The fourth-order valence-corrected chi connectivity index (χ4v) is 5.24. The van der Waals surface area contributed by atoms with Crippen molar-refractivity contribution in [2.45, 2.75) is 32.7 Å². The molecule has 0 saturated heterocycles. The van der Waals surface area contributed by atoms with E-state index in [0.29, 0.717) is 12.4 Å². The molecule has 2 N–H and O–H groups in total. The number of rotatable bonds is 7. The highest BCUT2D eigenvalue weighted by Gasteiger charge is 2.17. The maximum atomic E-state index is 12.8. The van der Waals surface area contributed by atoms with E-state index in [0.717, 1.165) is 53.3 Å². The van der Waals surface area contributed by atoms with Gasteiger partial charge in [-0.15, -0.1) is 11.3 Å². The average molecular weight is 459 g/mol. The van der Waals surface area contributed by atoms with E-state index < -0.39 is 0 Å². The third-order valence-corrected chi connectivity index (χ3v) is 7.17. The number of aryl methyl sites for hydroxylation is 3. The van der Waals surface area contributed by atoms with Gasteiger partial charge >= 0.3 is 0 Å². The lowest BCUT2D eigenvalue weighted by molar-refractivity contribution is 0.0986. The van der Waals surface area contributed by atoms with Gasteiger partial charge in [-0.05, 0) is 54.7 Å². The minimum atomic E-state index is 0.236. The summed E-state index contributed by atoms with van der Waals surface area (Å²) in [5.74, 6) is 0.765. The molecule has 0 spiro atoms. The van der Waals surface area contributed by atoms with Gasteiger partial charge in [0.1, 0.15) is 0 Å². The van der Waals surface area contributed by atoms with E-state index in [9.17, 15) is 4.79 Å². The number of carbonyl (C=O) groups excluding carboxylic acids is 1. The van der Waals surface area contributed by atoms with Crippen molar-refractivity contribution in [3.63, 3.8) is 0 Å². The lowest BCUT2D eigenvalue weighted by Crippen LogP contribution is -2.21. The fourth-order valence-electron chi connectivity index (χ4n) is 4.09. The number of thiophene rings is 1. The van der Waals surface area contributed by atoms with Crippen LogP contribution in [0.4, 0.5) is 11.6 Å². The molecule has 0 aliphatic carbocycles. The third-order valence-electron chi connectivity index (χ3n) is 5.89. The molecule has 1 aliphatic rings. The van der Waals surface area contributed by atoms with E-state index in [1.165, 1.54) is 16.0 Å². The number of benzene rings is 1. The SMILES string of the molecule is Cc1cc(-c2ccnc(Nc3cnn(C)c3)n2)ccc1CCC(=O)c1cc2c(s1)CCNC2. The molecule has 4 aromatic rings. The van der Waals surface area contributed by atoms with Gasteiger partial charge in [0.25, 0.3) is 0 Å². The van der Waals surface area contributed by atoms with Crippen LogP contribution in [-0.4, -0.2) is 32.1 Å². The lowest BCUT2D eigenvalue weighted by Gasteiger charge is -2.10. The number of Topliss-reactive ketones (excluding diaryl/α,β-unsaturated/α-hetero) is 1.